The molecule has 1 aliphatic heterocycles. The van der Waals surface area contributed by atoms with Crippen LogP contribution in [-0.4, -0.2) is 59.8 Å². The van der Waals surface area contributed by atoms with E-state index in [4.69, 9.17) is 9.84 Å². The minimum Gasteiger partial charge on any atom is -0.394 e. The van der Waals surface area contributed by atoms with Gasteiger partial charge in [0.25, 0.3) is 5.91 Å². The number of aliphatic hydroxyl groups is 1. The number of hydrogen-bond donors (Lipinski definition) is 2. The molecule has 2 rings (SSSR count). The summed E-state index contributed by atoms with van der Waals surface area (Å²) in [7, 11) is 0. The summed E-state index contributed by atoms with van der Waals surface area (Å²) in [5, 5.41) is 12.3. The van der Waals surface area contributed by atoms with Crippen molar-refractivity contribution in [3.63, 3.8) is 0 Å². The summed E-state index contributed by atoms with van der Waals surface area (Å²) in [6.45, 7) is 5.98. The van der Waals surface area contributed by atoms with Gasteiger partial charge in [0.05, 0.1) is 19.3 Å². The second-order valence-corrected chi connectivity index (χ2v) is 4.84. The van der Waals surface area contributed by atoms with Crippen molar-refractivity contribution in [3.8, 4) is 0 Å². The van der Waals surface area contributed by atoms with Gasteiger partial charge in [-0.05, 0) is 26.0 Å². The van der Waals surface area contributed by atoms with E-state index in [1.54, 1.807) is 17.0 Å². The number of nitrogens with one attached hydrogen (secondary N) is 1. The Morgan fingerprint density at radius 3 is 3.10 bits per heavy atom. The van der Waals surface area contributed by atoms with Gasteiger partial charge in [-0.3, -0.25) is 4.79 Å². The molecule has 0 spiro atoms. The first-order chi connectivity index (χ1) is 9.63. The van der Waals surface area contributed by atoms with E-state index in [0.717, 1.165) is 12.2 Å². The molecule has 1 aliphatic rings. The Kier molecular flexibility index (Phi) is 4.92. The van der Waals surface area contributed by atoms with E-state index < -0.39 is 0 Å². The van der Waals surface area contributed by atoms with Gasteiger partial charge in [-0.1, -0.05) is 0 Å². The molecular weight excluding hydrogens is 258 g/mol. The van der Waals surface area contributed by atoms with Crippen LogP contribution >= 0.6 is 0 Å². The van der Waals surface area contributed by atoms with Crippen LogP contribution in [0.5, 0.6) is 0 Å². The highest BCUT2D eigenvalue weighted by atomic mass is 16.5. The molecule has 6 nitrogen and oxygen atoms in total. The molecule has 1 aromatic heterocycles. The number of morpholine rings is 1. The quantitative estimate of drug-likeness (QED) is 0.846. The fourth-order valence-electron chi connectivity index (χ4n) is 2.26. The van der Waals surface area contributed by atoms with Crippen molar-refractivity contribution in [2.45, 2.75) is 20.0 Å². The normalized spacial score (nSPS) is 18.9. The average molecular weight is 279 g/mol. The molecule has 0 aromatic carbocycles. The minimum absolute atomic E-state index is 0.0450. The lowest BCUT2D eigenvalue weighted by Crippen LogP contribution is -2.46. The van der Waals surface area contributed by atoms with E-state index in [2.05, 4.69) is 10.3 Å². The third-order valence-corrected chi connectivity index (χ3v) is 3.19. The van der Waals surface area contributed by atoms with E-state index in [9.17, 15) is 4.79 Å². The van der Waals surface area contributed by atoms with Crippen LogP contribution in [-0.2, 0) is 4.74 Å². The van der Waals surface area contributed by atoms with Gasteiger partial charge in [-0.2, -0.15) is 0 Å². The van der Waals surface area contributed by atoms with Crippen molar-refractivity contribution < 1.29 is 14.6 Å². The van der Waals surface area contributed by atoms with Gasteiger partial charge in [0, 0.05) is 30.9 Å². The molecule has 1 fully saturated rings. The molecule has 20 heavy (non-hydrogen) atoms. The van der Waals surface area contributed by atoms with Gasteiger partial charge < -0.3 is 20.1 Å². The Balaban J connectivity index is 2.15. The topological polar surface area (TPSA) is 74.7 Å². The molecule has 0 bridgehead atoms. The second kappa shape index (κ2) is 6.67. The fourth-order valence-corrected chi connectivity index (χ4v) is 2.26. The summed E-state index contributed by atoms with van der Waals surface area (Å²) in [4.78, 5) is 18.6. The first-order valence-electron chi connectivity index (χ1n) is 6.88. The van der Waals surface area contributed by atoms with Crippen LogP contribution in [0, 0.1) is 6.92 Å². The number of aryl methyl sites for hydroxylation is 1. The lowest BCUT2D eigenvalue weighted by atomic mass is 10.1. The smallest absolute Gasteiger partial charge is 0.254 e. The van der Waals surface area contributed by atoms with E-state index in [0.29, 0.717) is 31.1 Å². The summed E-state index contributed by atoms with van der Waals surface area (Å²) in [6.07, 6.45) is -0.288. The van der Waals surface area contributed by atoms with Crippen LogP contribution in [0.1, 0.15) is 23.0 Å². The van der Waals surface area contributed by atoms with Gasteiger partial charge in [0.1, 0.15) is 5.82 Å². The molecule has 2 heterocycles. The number of nitrogens with zero attached hydrogens (tertiary/aromatic N) is 2. The number of carbonyl (C=O) groups is 1. The Morgan fingerprint density at radius 2 is 2.40 bits per heavy atom. The molecule has 0 radical (unpaired) electrons. The Labute approximate surface area is 118 Å². The van der Waals surface area contributed by atoms with Gasteiger partial charge in [0.2, 0.25) is 0 Å². The first kappa shape index (κ1) is 14.7. The molecule has 0 aliphatic carbocycles. The van der Waals surface area contributed by atoms with Crippen molar-refractivity contribution in [3.05, 3.63) is 23.4 Å². The van der Waals surface area contributed by atoms with Crippen LogP contribution in [0.15, 0.2) is 12.1 Å². The third-order valence-electron chi connectivity index (χ3n) is 3.19. The third kappa shape index (κ3) is 3.46. The molecule has 0 saturated carbocycles. The van der Waals surface area contributed by atoms with Crippen molar-refractivity contribution in [2.75, 3.05) is 38.2 Å². The van der Waals surface area contributed by atoms with E-state index >= 15 is 0 Å². The van der Waals surface area contributed by atoms with E-state index in [1.165, 1.54) is 0 Å². The molecule has 1 amide bonds. The number of ether oxygens (including phenoxy) is 1. The summed E-state index contributed by atoms with van der Waals surface area (Å²) < 4.78 is 5.36. The van der Waals surface area contributed by atoms with Crippen molar-refractivity contribution in [2.24, 2.45) is 0 Å². The van der Waals surface area contributed by atoms with Crippen LogP contribution in [0.4, 0.5) is 5.82 Å². The SMILES string of the molecule is CCNc1cc(C(=O)N2CCOC(CO)C2)cc(C)n1. The minimum atomic E-state index is -0.288. The predicted molar refractivity (Wildman–Crippen MR) is 75.9 cm³/mol. The molecule has 1 unspecified atom stereocenters. The maximum Gasteiger partial charge on any atom is 0.254 e. The Morgan fingerprint density at radius 1 is 1.60 bits per heavy atom. The lowest BCUT2D eigenvalue weighted by Gasteiger charge is -2.32. The van der Waals surface area contributed by atoms with Gasteiger partial charge in [-0.25, -0.2) is 4.98 Å². The predicted octanol–water partition coefficient (Wildman–Crippen LogP) is 0.655. The molecule has 110 valence electrons. The number of carbonyl (C=O) groups excluding carboxylic acids is 1. The maximum absolute atomic E-state index is 12.5. The molecule has 2 N–H and O–H groups in total. The van der Waals surface area contributed by atoms with Crippen LogP contribution in [0.25, 0.3) is 0 Å². The van der Waals surface area contributed by atoms with Crippen molar-refractivity contribution in [1.29, 1.82) is 0 Å². The molecule has 1 aromatic rings. The summed E-state index contributed by atoms with van der Waals surface area (Å²) >= 11 is 0. The lowest BCUT2D eigenvalue weighted by molar-refractivity contribution is -0.0447. The number of aromatic nitrogens is 1. The van der Waals surface area contributed by atoms with Crippen LogP contribution in [0.3, 0.4) is 0 Å². The highest BCUT2D eigenvalue weighted by Gasteiger charge is 2.25. The van der Waals surface area contributed by atoms with Gasteiger partial charge in [0.15, 0.2) is 0 Å². The summed E-state index contributed by atoms with van der Waals surface area (Å²) in [6, 6.07) is 3.55. The highest BCUT2D eigenvalue weighted by molar-refractivity contribution is 5.95. The first-order valence-corrected chi connectivity index (χ1v) is 6.88. The van der Waals surface area contributed by atoms with Crippen LogP contribution in [0.2, 0.25) is 0 Å². The standard InChI is InChI=1S/C14H21N3O3/c1-3-15-13-7-11(6-10(2)16-13)14(19)17-4-5-20-12(8-17)9-18/h6-7,12,18H,3-5,8-9H2,1-2H3,(H,15,16). The highest BCUT2D eigenvalue weighted by Crippen LogP contribution is 2.15. The monoisotopic (exact) mass is 279 g/mol. The number of anilines is 1. The zero-order valence-electron chi connectivity index (χ0n) is 11.9. The summed E-state index contributed by atoms with van der Waals surface area (Å²) in [5.74, 6) is 0.666. The Bertz CT molecular complexity index is 479. The molecular formula is C14H21N3O3. The van der Waals surface area contributed by atoms with E-state index in [-0.39, 0.29) is 18.6 Å². The molecule has 1 saturated heterocycles. The Hall–Kier alpha value is -1.66. The average Bonchev–Trinajstić information content (AvgIpc) is 2.46. The number of hydrogen-bond acceptors (Lipinski definition) is 5. The van der Waals surface area contributed by atoms with Crippen molar-refractivity contribution in [1.82, 2.24) is 9.88 Å². The van der Waals surface area contributed by atoms with Crippen molar-refractivity contribution >= 4 is 11.7 Å². The van der Waals surface area contributed by atoms with Gasteiger partial charge in [-0.15, -0.1) is 0 Å². The fraction of sp³-hybridized carbons (Fsp3) is 0.571. The molecule has 6 heteroatoms. The maximum atomic E-state index is 12.5. The number of aliphatic hydroxyl groups excluding tert-OH is 1. The number of rotatable bonds is 4. The van der Waals surface area contributed by atoms with Gasteiger partial charge >= 0.3 is 0 Å². The van der Waals surface area contributed by atoms with Crippen LogP contribution < -0.4 is 5.32 Å². The molecule has 1 atom stereocenters. The van der Waals surface area contributed by atoms with E-state index in [1.807, 2.05) is 13.8 Å². The zero-order chi connectivity index (χ0) is 14.5. The second-order valence-electron chi connectivity index (χ2n) is 4.84. The summed E-state index contributed by atoms with van der Waals surface area (Å²) in [5.41, 5.74) is 1.42. The largest absolute Gasteiger partial charge is 0.394 e. The number of amides is 1. The zero-order valence-corrected chi connectivity index (χ0v) is 11.9. The number of pyridine rings is 1.